The number of amides is 2. The number of nitrogens with zero attached hydrogens (tertiary/aromatic N) is 2. The number of ether oxygens (including phenoxy) is 1. The smallest absolute Gasteiger partial charge is 0.242 e. The highest BCUT2D eigenvalue weighted by atomic mass is 35.5. The second kappa shape index (κ2) is 9.91. The van der Waals surface area contributed by atoms with Crippen molar-refractivity contribution in [1.82, 2.24) is 4.90 Å². The van der Waals surface area contributed by atoms with Crippen LogP contribution in [0.3, 0.4) is 0 Å². The fourth-order valence-corrected chi connectivity index (χ4v) is 4.20. The van der Waals surface area contributed by atoms with Crippen LogP contribution in [-0.4, -0.2) is 47.4 Å². The fraction of sp³-hybridized carbons (Fsp3) is 0.286. The number of carbonyl (C=O) groups excluding carboxylic acids is 2. The third-order valence-electron chi connectivity index (χ3n) is 4.43. The fourth-order valence-electron chi connectivity index (χ4n) is 2.84. The number of para-hydroxylation sites is 1. The van der Waals surface area contributed by atoms with Crippen LogP contribution in [0.15, 0.2) is 53.5 Å². The van der Waals surface area contributed by atoms with Gasteiger partial charge in [0.05, 0.1) is 18.8 Å². The Hall–Kier alpha value is -2.35. The highest BCUT2D eigenvalue weighted by Crippen LogP contribution is 2.32. The number of benzene rings is 2. The van der Waals surface area contributed by atoms with Crippen molar-refractivity contribution in [3.8, 4) is 0 Å². The lowest BCUT2D eigenvalue weighted by atomic mass is 10.2. The number of nitrogens with one attached hydrogen (secondary N) is 1. The monoisotopic (exact) mass is 431 g/mol. The molecule has 0 unspecified atom stereocenters. The molecule has 1 aliphatic heterocycles. The summed E-state index contributed by atoms with van der Waals surface area (Å²) in [6.07, 6.45) is 0.0484. The molecule has 8 heteroatoms. The van der Waals surface area contributed by atoms with E-state index in [1.54, 1.807) is 30.2 Å². The molecule has 1 fully saturated rings. The molecule has 0 aliphatic carbocycles. The van der Waals surface area contributed by atoms with E-state index in [1.807, 2.05) is 37.3 Å². The Balaban J connectivity index is 1.73. The molecule has 0 bridgehead atoms. The number of amidine groups is 1. The summed E-state index contributed by atoms with van der Waals surface area (Å²) in [6, 6.07) is 14.8. The van der Waals surface area contributed by atoms with Gasteiger partial charge in [0.15, 0.2) is 5.17 Å². The zero-order chi connectivity index (χ0) is 20.8. The molecule has 1 saturated heterocycles. The highest BCUT2D eigenvalue weighted by molar-refractivity contribution is 8.15. The Labute approximate surface area is 179 Å². The molecule has 1 atom stereocenters. The van der Waals surface area contributed by atoms with Crippen molar-refractivity contribution in [3.05, 3.63) is 59.1 Å². The van der Waals surface area contributed by atoms with Crippen LogP contribution in [0.4, 0.5) is 11.4 Å². The topological polar surface area (TPSA) is 71.0 Å². The SMILES string of the molecule is COCCN1C(=O)[C@H](CC(=O)Nc2cccc(Cl)c2C)SC1=Nc1ccccc1. The molecule has 1 aliphatic rings. The minimum absolute atomic E-state index is 0.0484. The third-order valence-corrected chi connectivity index (χ3v) is 6.02. The number of anilines is 1. The molecule has 3 rings (SSSR count). The van der Waals surface area contributed by atoms with Gasteiger partial charge in [-0.2, -0.15) is 0 Å². The Morgan fingerprint density at radius 1 is 1.24 bits per heavy atom. The van der Waals surface area contributed by atoms with Crippen molar-refractivity contribution in [1.29, 1.82) is 0 Å². The Morgan fingerprint density at radius 2 is 2.00 bits per heavy atom. The molecule has 1 N–H and O–H groups in total. The number of hydrogen-bond donors (Lipinski definition) is 1. The summed E-state index contributed by atoms with van der Waals surface area (Å²) < 4.78 is 5.12. The van der Waals surface area contributed by atoms with E-state index in [0.717, 1.165) is 11.3 Å². The molecule has 0 radical (unpaired) electrons. The second-order valence-corrected chi connectivity index (χ2v) is 8.06. The maximum atomic E-state index is 12.9. The van der Waals surface area contributed by atoms with Crippen LogP contribution >= 0.6 is 23.4 Å². The van der Waals surface area contributed by atoms with Gasteiger partial charge in [-0.05, 0) is 36.8 Å². The molecule has 0 spiro atoms. The molecule has 2 aromatic rings. The third kappa shape index (κ3) is 5.38. The van der Waals surface area contributed by atoms with Crippen molar-refractivity contribution < 1.29 is 14.3 Å². The molecule has 2 amide bonds. The number of carbonyl (C=O) groups is 2. The molecule has 0 aromatic heterocycles. The highest BCUT2D eigenvalue weighted by Gasteiger charge is 2.39. The average Bonchev–Trinajstić information content (AvgIpc) is 2.99. The van der Waals surface area contributed by atoms with Crippen molar-refractivity contribution in [2.75, 3.05) is 25.6 Å². The van der Waals surface area contributed by atoms with E-state index in [2.05, 4.69) is 10.3 Å². The van der Waals surface area contributed by atoms with Gasteiger partial charge in [0.2, 0.25) is 11.8 Å². The van der Waals surface area contributed by atoms with E-state index in [-0.39, 0.29) is 18.2 Å². The quantitative estimate of drug-likeness (QED) is 0.711. The Kier molecular flexibility index (Phi) is 7.30. The van der Waals surface area contributed by atoms with E-state index >= 15 is 0 Å². The molecule has 0 saturated carbocycles. The molecular weight excluding hydrogens is 410 g/mol. The summed E-state index contributed by atoms with van der Waals surface area (Å²) in [5.41, 5.74) is 2.19. The van der Waals surface area contributed by atoms with Crippen LogP contribution in [0.2, 0.25) is 5.02 Å². The summed E-state index contributed by atoms with van der Waals surface area (Å²) in [5.74, 6) is -0.381. The minimum atomic E-state index is -0.534. The number of aliphatic imine (C=N–C) groups is 1. The Bertz CT molecular complexity index is 921. The summed E-state index contributed by atoms with van der Waals surface area (Å²) in [5, 5.41) is 3.47. The van der Waals surface area contributed by atoms with Gasteiger partial charge in [0.25, 0.3) is 0 Å². The predicted octanol–water partition coefficient (Wildman–Crippen LogP) is 4.26. The largest absolute Gasteiger partial charge is 0.383 e. The molecule has 29 heavy (non-hydrogen) atoms. The van der Waals surface area contributed by atoms with Gasteiger partial charge in [0.1, 0.15) is 5.25 Å². The van der Waals surface area contributed by atoms with Crippen molar-refractivity contribution in [2.45, 2.75) is 18.6 Å². The summed E-state index contributed by atoms with van der Waals surface area (Å²) in [6.45, 7) is 2.62. The Morgan fingerprint density at radius 3 is 2.72 bits per heavy atom. The molecule has 2 aromatic carbocycles. The number of methoxy groups -OCH3 is 1. The van der Waals surface area contributed by atoms with Crippen molar-refractivity contribution in [3.63, 3.8) is 0 Å². The van der Waals surface area contributed by atoms with Crippen LogP contribution in [0.1, 0.15) is 12.0 Å². The number of rotatable bonds is 7. The minimum Gasteiger partial charge on any atom is -0.383 e. The second-order valence-electron chi connectivity index (χ2n) is 6.48. The van der Waals surface area contributed by atoms with Gasteiger partial charge in [-0.3, -0.25) is 14.5 Å². The summed E-state index contributed by atoms with van der Waals surface area (Å²) in [4.78, 5) is 31.6. The molecule has 1 heterocycles. The maximum Gasteiger partial charge on any atom is 0.242 e. The van der Waals surface area contributed by atoms with Crippen molar-refractivity contribution in [2.24, 2.45) is 4.99 Å². The van der Waals surface area contributed by atoms with E-state index in [0.29, 0.717) is 29.0 Å². The van der Waals surface area contributed by atoms with Crippen LogP contribution in [0.5, 0.6) is 0 Å². The maximum absolute atomic E-state index is 12.9. The van der Waals surface area contributed by atoms with E-state index in [9.17, 15) is 9.59 Å². The summed E-state index contributed by atoms with van der Waals surface area (Å²) in [7, 11) is 1.58. The van der Waals surface area contributed by atoms with Crippen LogP contribution < -0.4 is 5.32 Å². The lowest BCUT2D eigenvalue weighted by Gasteiger charge is -2.15. The van der Waals surface area contributed by atoms with E-state index in [1.165, 1.54) is 11.8 Å². The van der Waals surface area contributed by atoms with Gasteiger partial charge in [-0.25, -0.2) is 4.99 Å². The number of hydrogen-bond acceptors (Lipinski definition) is 5. The van der Waals surface area contributed by atoms with Gasteiger partial charge >= 0.3 is 0 Å². The van der Waals surface area contributed by atoms with Gasteiger partial charge < -0.3 is 10.1 Å². The van der Waals surface area contributed by atoms with Gasteiger partial charge in [0, 0.05) is 24.2 Å². The van der Waals surface area contributed by atoms with Gasteiger partial charge in [-0.15, -0.1) is 0 Å². The predicted molar refractivity (Wildman–Crippen MR) is 118 cm³/mol. The molecular formula is C21H22ClN3O3S. The van der Waals surface area contributed by atoms with E-state index in [4.69, 9.17) is 16.3 Å². The number of thioether (sulfide) groups is 1. The van der Waals surface area contributed by atoms with Gasteiger partial charge in [-0.1, -0.05) is 47.6 Å². The van der Waals surface area contributed by atoms with Crippen molar-refractivity contribution >= 4 is 51.7 Å². The summed E-state index contributed by atoms with van der Waals surface area (Å²) >= 11 is 7.41. The first-order chi connectivity index (χ1) is 14.0. The van der Waals surface area contributed by atoms with E-state index < -0.39 is 5.25 Å². The zero-order valence-corrected chi connectivity index (χ0v) is 17.8. The standard InChI is InChI=1S/C21H22ClN3O3S/c1-14-16(22)9-6-10-17(14)24-19(26)13-18-20(27)25(11-12-28-2)21(29-18)23-15-7-4-3-5-8-15/h3-10,18H,11-13H2,1-2H3,(H,24,26)/t18-/m0/s1. The van der Waals surface area contributed by atoms with Crippen LogP contribution in [0.25, 0.3) is 0 Å². The molecule has 152 valence electrons. The lowest BCUT2D eigenvalue weighted by molar-refractivity contribution is -0.128. The first-order valence-corrected chi connectivity index (χ1v) is 10.4. The first-order valence-electron chi connectivity index (χ1n) is 9.15. The average molecular weight is 432 g/mol. The lowest BCUT2D eigenvalue weighted by Crippen LogP contribution is -2.35. The van der Waals surface area contributed by atoms with Crippen LogP contribution in [-0.2, 0) is 14.3 Å². The normalized spacial score (nSPS) is 17.8. The molecule has 6 nitrogen and oxygen atoms in total. The van der Waals surface area contributed by atoms with Crippen LogP contribution in [0, 0.1) is 6.92 Å². The zero-order valence-electron chi connectivity index (χ0n) is 16.2. The number of halogens is 1. The first kappa shape index (κ1) is 21.4.